The van der Waals surface area contributed by atoms with E-state index >= 15 is 0 Å². The number of para-hydroxylation sites is 1. The number of amides is 3. The van der Waals surface area contributed by atoms with Crippen molar-refractivity contribution in [1.82, 2.24) is 15.5 Å². The Balaban J connectivity index is 1.71. The van der Waals surface area contributed by atoms with Crippen LogP contribution in [0.25, 0.3) is 0 Å². The van der Waals surface area contributed by atoms with Crippen LogP contribution in [0.1, 0.15) is 59.4 Å². The summed E-state index contributed by atoms with van der Waals surface area (Å²) in [5.74, 6) is -0.0488. The topological polar surface area (TPSA) is 87.7 Å². The Morgan fingerprint density at radius 2 is 1.68 bits per heavy atom. The van der Waals surface area contributed by atoms with Crippen molar-refractivity contribution in [3.05, 3.63) is 65.2 Å². The average Bonchev–Trinajstić information content (AvgIpc) is 2.87. The van der Waals surface area contributed by atoms with E-state index in [0.717, 1.165) is 12.0 Å². The van der Waals surface area contributed by atoms with Gasteiger partial charge in [0.25, 0.3) is 11.8 Å². The average molecular weight is 466 g/mol. The molecule has 3 rings (SSSR count). The summed E-state index contributed by atoms with van der Waals surface area (Å²) in [6, 6.07) is 13.8. The van der Waals surface area contributed by atoms with Crippen LogP contribution in [0.3, 0.4) is 0 Å². The highest BCUT2D eigenvalue weighted by Gasteiger charge is 2.35. The van der Waals surface area contributed by atoms with Crippen LogP contribution < -0.4 is 15.4 Å². The lowest BCUT2D eigenvalue weighted by molar-refractivity contribution is -0.125. The number of rotatable bonds is 8. The summed E-state index contributed by atoms with van der Waals surface area (Å²) in [4.78, 5) is 40.9. The fraction of sp³-hybridized carbons (Fsp3) is 0.444. The maximum absolute atomic E-state index is 13.1. The van der Waals surface area contributed by atoms with E-state index < -0.39 is 6.04 Å². The summed E-state index contributed by atoms with van der Waals surface area (Å²) < 4.78 is 5.34. The number of aryl methyl sites for hydroxylation is 1. The predicted octanol–water partition coefficient (Wildman–Crippen LogP) is 3.57. The molecule has 0 aliphatic carbocycles. The van der Waals surface area contributed by atoms with Gasteiger partial charge in [0.05, 0.1) is 12.7 Å². The quantitative estimate of drug-likeness (QED) is 0.624. The molecule has 2 atom stereocenters. The van der Waals surface area contributed by atoms with Crippen molar-refractivity contribution in [2.75, 3.05) is 20.2 Å². The molecule has 1 aliphatic rings. The molecule has 7 nitrogen and oxygen atoms in total. The number of benzene rings is 2. The fourth-order valence-corrected chi connectivity index (χ4v) is 4.19. The monoisotopic (exact) mass is 465 g/mol. The van der Waals surface area contributed by atoms with Crippen molar-refractivity contribution < 1.29 is 19.1 Å². The zero-order valence-corrected chi connectivity index (χ0v) is 20.5. The van der Waals surface area contributed by atoms with Gasteiger partial charge in [-0.25, -0.2) is 0 Å². The van der Waals surface area contributed by atoms with E-state index in [1.165, 1.54) is 0 Å². The number of carbonyl (C=O) groups excluding carboxylic acids is 3. The molecule has 1 saturated heterocycles. The molecule has 0 saturated carbocycles. The van der Waals surface area contributed by atoms with Gasteiger partial charge in [0.15, 0.2) is 0 Å². The zero-order valence-electron chi connectivity index (χ0n) is 20.5. The lowest BCUT2D eigenvalue weighted by Gasteiger charge is -2.36. The second-order valence-electron chi connectivity index (χ2n) is 8.96. The number of carbonyl (C=O) groups is 3. The van der Waals surface area contributed by atoms with Gasteiger partial charge < -0.3 is 20.3 Å². The Labute approximate surface area is 201 Å². The normalized spacial score (nSPS) is 15.8. The molecule has 0 bridgehead atoms. The smallest absolute Gasteiger partial charge is 0.257 e. The summed E-state index contributed by atoms with van der Waals surface area (Å²) in [6.07, 6.45) is 2.04. The van der Waals surface area contributed by atoms with Crippen molar-refractivity contribution in [1.29, 1.82) is 0 Å². The van der Waals surface area contributed by atoms with Crippen LogP contribution in [0.4, 0.5) is 0 Å². The van der Waals surface area contributed by atoms with Crippen molar-refractivity contribution >= 4 is 17.7 Å². The summed E-state index contributed by atoms with van der Waals surface area (Å²) >= 11 is 0. The summed E-state index contributed by atoms with van der Waals surface area (Å²) in [7, 11) is 1.55. The second-order valence-corrected chi connectivity index (χ2v) is 8.96. The molecule has 1 heterocycles. The standard InChI is InChI=1S/C27H35N3O4/c1-5-19(3)28-26(32)24(29-25(31)21-12-10-18(2)11-13-21)20-14-16-30(17-15-20)27(33)22-8-6-7-9-23(22)34-4/h6-13,19-20,24H,5,14-17H2,1-4H3,(H,28,32)(H,29,31). The first-order chi connectivity index (χ1) is 16.3. The minimum Gasteiger partial charge on any atom is -0.496 e. The lowest BCUT2D eigenvalue weighted by atomic mass is 9.88. The lowest BCUT2D eigenvalue weighted by Crippen LogP contribution is -2.55. The van der Waals surface area contributed by atoms with E-state index in [1.54, 1.807) is 36.3 Å². The Morgan fingerprint density at radius 1 is 1.03 bits per heavy atom. The first kappa shape index (κ1) is 25.3. The Morgan fingerprint density at radius 3 is 2.29 bits per heavy atom. The van der Waals surface area contributed by atoms with E-state index in [2.05, 4.69) is 10.6 Å². The molecule has 0 aromatic heterocycles. The van der Waals surface area contributed by atoms with Crippen LogP contribution in [0.15, 0.2) is 48.5 Å². The molecule has 2 N–H and O–H groups in total. The molecule has 34 heavy (non-hydrogen) atoms. The molecule has 2 unspecified atom stereocenters. The van der Waals surface area contributed by atoms with Crippen molar-refractivity contribution in [3.8, 4) is 5.75 Å². The molecule has 1 aliphatic heterocycles. The molecule has 2 aromatic rings. The molecular formula is C27H35N3O4. The van der Waals surface area contributed by atoms with Crippen LogP contribution in [0.2, 0.25) is 0 Å². The van der Waals surface area contributed by atoms with E-state index in [1.807, 2.05) is 45.0 Å². The van der Waals surface area contributed by atoms with Crippen LogP contribution in [0.5, 0.6) is 5.75 Å². The number of hydrogen-bond acceptors (Lipinski definition) is 4. The van der Waals surface area contributed by atoms with Crippen LogP contribution >= 0.6 is 0 Å². The molecule has 0 radical (unpaired) electrons. The third-order valence-electron chi connectivity index (χ3n) is 6.52. The largest absolute Gasteiger partial charge is 0.496 e. The first-order valence-electron chi connectivity index (χ1n) is 11.9. The Hall–Kier alpha value is -3.35. The second kappa shape index (κ2) is 11.7. The third-order valence-corrected chi connectivity index (χ3v) is 6.52. The number of likely N-dealkylation sites (tertiary alicyclic amines) is 1. The summed E-state index contributed by atoms with van der Waals surface area (Å²) in [5.41, 5.74) is 2.12. The predicted molar refractivity (Wildman–Crippen MR) is 132 cm³/mol. The SMILES string of the molecule is CCC(C)NC(=O)C(NC(=O)c1ccc(C)cc1)C1CCN(C(=O)c2ccccc2OC)CC1. The van der Waals surface area contributed by atoms with Crippen LogP contribution in [-0.2, 0) is 4.79 Å². The number of hydrogen-bond donors (Lipinski definition) is 2. The van der Waals surface area contributed by atoms with Gasteiger partial charge in [-0.3, -0.25) is 14.4 Å². The van der Waals surface area contributed by atoms with Gasteiger partial charge in [0, 0.05) is 24.7 Å². The van der Waals surface area contributed by atoms with Crippen molar-refractivity contribution in [2.45, 2.75) is 52.1 Å². The maximum Gasteiger partial charge on any atom is 0.257 e. The molecule has 182 valence electrons. The molecule has 7 heteroatoms. The van der Waals surface area contributed by atoms with Gasteiger partial charge in [-0.15, -0.1) is 0 Å². The van der Waals surface area contributed by atoms with Crippen LogP contribution in [0, 0.1) is 12.8 Å². The van der Waals surface area contributed by atoms with Crippen molar-refractivity contribution in [3.63, 3.8) is 0 Å². The highest BCUT2D eigenvalue weighted by Crippen LogP contribution is 2.26. The molecule has 3 amide bonds. The van der Waals surface area contributed by atoms with E-state index in [0.29, 0.717) is 42.8 Å². The van der Waals surface area contributed by atoms with Gasteiger partial charge in [0.1, 0.15) is 11.8 Å². The number of nitrogens with one attached hydrogen (secondary N) is 2. The van der Waals surface area contributed by atoms with Crippen LogP contribution in [-0.4, -0.2) is 54.9 Å². The van der Waals surface area contributed by atoms with Gasteiger partial charge in [-0.2, -0.15) is 0 Å². The minimum atomic E-state index is -0.661. The van der Waals surface area contributed by atoms with E-state index in [9.17, 15) is 14.4 Å². The molecular weight excluding hydrogens is 430 g/mol. The minimum absolute atomic E-state index is 0.0125. The van der Waals surface area contributed by atoms with Gasteiger partial charge in [-0.05, 0) is 63.3 Å². The van der Waals surface area contributed by atoms with E-state index in [-0.39, 0.29) is 29.7 Å². The van der Waals surface area contributed by atoms with Gasteiger partial charge in [0.2, 0.25) is 5.91 Å². The van der Waals surface area contributed by atoms with Crippen molar-refractivity contribution in [2.24, 2.45) is 5.92 Å². The van der Waals surface area contributed by atoms with E-state index in [4.69, 9.17) is 4.74 Å². The maximum atomic E-state index is 13.1. The Bertz CT molecular complexity index is 997. The summed E-state index contributed by atoms with van der Waals surface area (Å²) in [5, 5.41) is 5.99. The summed E-state index contributed by atoms with van der Waals surface area (Å²) in [6.45, 7) is 6.94. The fourth-order valence-electron chi connectivity index (χ4n) is 4.19. The Kier molecular flexibility index (Phi) is 8.68. The molecule has 0 spiro atoms. The number of methoxy groups -OCH3 is 1. The number of piperidine rings is 1. The number of ether oxygens (including phenoxy) is 1. The zero-order chi connectivity index (χ0) is 24.7. The highest BCUT2D eigenvalue weighted by molar-refractivity contribution is 5.98. The number of nitrogens with zero attached hydrogens (tertiary/aromatic N) is 1. The highest BCUT2D eigenvalue weighted by atomic mass is 16.5. The van der Waals surface area contributed by atoms with Gasteiger partial charge in [-0.1, -0.05) is 36.8 Å². The molecule has 1 fully saturated rings. The van der Waals surface area contributed by atoms with Gasteiger partial charge >= 0.3 is 0 Å². The third kappa shape index (κ3) is 6.16. The molecule has 2 aromatic carbocycles. The first-order valence-corrected chi connectivity index (χ1v) is 11.9.